The van der Waals surface area contributed by atoms with Crippen LogP contribution in [0.1, 0.15) is 23.6 Å². The lowest BCUT2D eigenvalue weighted by atomic mass is 10.1. The van der Waals surface area contributed by atoms with Crippen LogP contribution < -0.4 is 0 Å². The number of phenolic OH excluding ortho intramolecular Hbond substituents is 1. The van der Waals surface area contributed by atoms with E-state index in [9.17, 15) is 5.11 Å². The number of aromatic hydroxyl groups is 1. The van der Waals surface area contributed by atoms with Crippen LogP contribution >= 0.6 is 0 Å². The summed E-state index contributed by atoms with van der Waals surface area (Å²) in [7, 11) is 0. The maximum atomic E-state index is 9.93. The highest BCUT2D eigenvalue weighted by Gasteiger charge is 2.16. The summed E-state index contributed by atoms with van der Waals surface area (Å²) in [5.74, 6) is 0.289. The molecule has 0 aromatic heterocycles. The summed E-state index contributed by atoms with van der Waals surface area (Å²) in [5.41, 5.74) is 4.33. The van der Waals surface area contributed by atoms with Gasteiger partial charge in [-0.2, -0.15) is 5.10 Å². The lowest BCUT2D eigenvalue weighted by molar-refractivity contribution is 0.130. The number of hydrogen-bond acceptors (Lipinski definition) is 4. The molecule has 2 aromatic rings. The Morgan fingerprint density at radius 2 is 1.67 bits per heavy atom. The first-order valence-electron chi connectivity index (χ1n) is 8.48. The zero-order valence-electron chi connectivity index (χ0n) is 14.4. The molecule has 1 saturated heterocycles. The number of rotatable bonds is 4. The molecule has 1 heterocycles. The number of benzene rings is 2. The van der Waals surface area contributed by atoms with Gasteiger partial charge in [0.05, 0.1) is 5.71 Å². The molecular weight excluding hydrogens is 298 g/mol. The first kappa shape index (κ1) is 16.5. The number of nitrogens with zero attached hydrogens (tertiary/aromatic N) is 3. The summed E-state index contributed by atoms with van der Waals surface area (Å²) >= 11 is 0. The Morgan fingerprint density at radius 3 is 2.33 bits per heavy atom. The third-order valence-electron chi connectivity index (χ3n) is 4.46. The molecule has 1 aliphatic heterocycles. The Balaban J connectivity index is 1.56. The van der Waals surface area contributed by atoms with Gasteiger partial charge in [-0.1, -0.05) is 42.0 Å². The highest BCUT2D eigenvalue weighted by Crippen LogP contribution is 2.17. The van der Waals surface area contributed by atoms with E-state index in [0.29, 0.717) is 0 Å². The Bertz CT molecular complexity index is 701. The zero-order chi connectivity index (χ0) is 16.9. The number of phenols is 1. The molecule has 0 unspecified atom stereocenters. The highest BCUT2D eigenvalue weighted by atomic mass is 16.3. The molecule has 1 aliphatic rings. The van der Waals surface area contributed by atoms with Crippen molar-refractivity contribution < 1.29 is 5.11 Å². The largest absolute Gasteiger partial charge is 0.507 e. The van der Waals surface area contributed by atoms with Crippen molar-refractivity contribution in [1.82, 2.24) is 9.91 Å². The van der Waals surface area contributed by atoms with Crippen molar-refractivity contribution in [3.05, 3.63) is 65.2 Å². The van der Waals surface area contributed by atoms with Crippen LogP contribution in [0, 0.1) is 6.92 Å². The first-order chi connectivity index (χ1) is 11.6. The minimum atomic E-state index is 0.289. The topological polar surface area (TPSA) is 39.1 Å². The molecule has 3 rings (SSSR count). The second-order valence-electron chi connectivity index (χ2n) is 6.42. The van der Waals surface area contributed by atoms with Crippen LogP contribution in [-0.2, 0) is 6.54 Å². The van der Waals surface area contributed by atoms with Gasteiger partial charge in [0, 0.05) is 38.3 Å². The molecule has 1 fully saturated rings. The summed E-state index contributed by atoms with van der Waals surface area (Å²) in [4.78, 5) is 2.46. The normalized spacial score (nSPS) is 16.4. The van der Waals surface area contributed by atoms with Crippen molar-refractivity contribution in [3.8, 4) is 5.75 Å². The number of aryl methyl sites for hydroxylation is 1. The van der Waals surface area contributed by atoms with Crippen molar-refractivity contribution >= 4 is 5.71 Å². The Morgan fingerprint density at radius 1 is 1.00 bits per heavy atom. The summed E-state index contributed by atoms with van der Waals surface area (Å²) in [6, 6.07) is 16.1. The second-order valence-corrected chi connectivity index (χ2v) is 6.42. The first-order valence-corrected chi connectivity index (χ1v) is 8.48. The van der Waals surface area contributed by atoms with Gasteiger partial charge in [0.1, 0.15) is 5.75 Å². The van der Waals surface area contributed by atoms with Crippen molar-refractivity contribution in [2.75, 3.05) is 26.2 Å². The average molecular weight is 323 g/mol. The third-order valence-corrected chi connectivity index (χ3v) is 4.46. The summed E-state index contributed by atoms with van der Waals surface area (Å²) in [6.45, 7) is 8.90. The van der Waals surface area contributed by atoms with Crippen LogP contribution in [0.5, 0.6) is 5.75 Å². The van der Waals surface area contributed by atoms with Crippen LogP contribution in [-0.4, -0.2) is 46.9 Å². The molecule has 0 bridgehead atoms. The molecule has 2 aromatic carbocycles. The molecule has 0 atom stereocenters. The van der Waals surface area contributed by atoms with Gasteiger partial charge in [0.15, 0.2) is 0 Å². The highest BCUT2D eigenvalue weighted by molar-refractivity contribution is 6.00. The molecule has 126 valence electrons. The number of hydrazone groups is 1. The monoisotopic (exact) mass is 323 g/mol. The molecular formula is C20H25N3O. The smallest absolute Gasteiger partial charge is 0.124 e. The predicted octanol–water partition coefficient (Wildman–Crippen LogP) is 3.24. The van der Waals surface area contributed by atoms with E-state index in [0.717, 1.165) is 44.0 Å². The molecule has 24 heavy (non-hydrogen) atoms. The maximum absolute atomic E-state index is 9.93. The van der Waals surface area contributed by atoms with E-state index in [1.165, 1.54) is 11.1 Å². The fourth-order valence-electron chi connectivity index (χ4n) is 2.99. The molecule has 1 N–H and O–H groups in total. The van der Waals surface area contributed by atoms with Gasteiger partial charge in [-0.3, -0.25) is 9.91 Å². The molecule has 0 aliphatic carbocycles. The van der Waals surface area contributed by atoms with Gasteiger partial charge in [-0.05, 0) is 31.5 Å². The molecule has 4 heteroatoms. The van der Waals surface area contributed by atoms with Gasteiger partial charge in [0.25, 0.3) is 0 Å². The fourth-order valence-corrected chi connectivity index (χ4v) is 2.99. The molecule has 0 radical (unpaired) electrons. The predicted molar refractivity (Wildman–Crippen MR) is 98.3 cm³/mol. The van der Waals surface area contributed by atoms with E-state index in [-0.39, 0.29) is 5.75 Å². The van der Waals surface area contributed by atoms with E-state index in [2.05, 4.69) is 46.2 Å². The standard InChI is InChI=1S/C20H25N3O/c1-16-7-9-18(10-8-16)15-22-11-13-23(14-12-22)21-17(2)19-5-3-4-6-20(19)24/h3-10,24H,11-15H2,1-2H3/b21-17-. The second kappa shape index (κ2) is 7.49. The van der Waals surface area contributed by atoms with E-state index in [1.807, 2.05) is 25.1 Å². The van der Waals surface area contributed by atoms with Gasteiger partial charge >= 0.3 is 0 Å². The van der Waals surface area contributed by atoms with Gasteiger partial charge in [-0.15, -0.1) is 0 Å². The summed E-state index contributed by atoms with van der Waals surface area (Å²) in [5, 5.41) is 16.7. The minimum absolute atomic E-state index is 0.289. The Kier molecular flexibility index (Phi) is 5.16. The number of hydrogen-bond donors (Lipinski definition) is 1. The van der Waals surface area contributed by atoms with Crippen LogP contribution in [0.2, 0.25) is 0 Å². The van der Waals surface area contributed by atoms with Gasteiger partial charge in [0.2, 0.25) is 0 Å². The van der Waals surface area contributed by atoms with Gasteiger partial charge < -0.3 is 5.11 Å². The van der Waals surface area contributed by atoms with Crippen molar-refractivity contribution in [2.24, 2.45) is 5.10 Å². The fraction of sp³-hybridized carbons (Fsp3) is 0.350. The van der Waals surface area contributed by atoms with Crippen LogP contribution in [0.4, 0.5) is 0 Å². The Hall–Kier alpha value is -2.33. The van der Waals surface area contributed by atoms with E-state index < -0.39 is 0 Å². The van der Waals surface area contributed by atoms with Crippen LogP contribution in [0.3, 0.4) is 0 Å². The van der Waals surface area contributed by atoms with Crippen LogP contribution in [0.25, 0.3) is 0 Å². The number of piperazine rings is 1. The summed E-state index contributed by atoms with van der Waals surface area (Å²) < 4.78 is 0. The molecule has 4 nitrogen and oxygen atoms in total. The summed E-state index contributed by atoms with van der Waals surface area (Å²) in [6.07, 6.45) is 0. The molecule has 0 saturated carbocycles. The van der Waals surface area contributed by atoms with Crippen molar-refractivity contribution in [3.63, 3.8) is 0 Å². The van der Waals surface area contributed by atoms with E-state index in [1.54, 1.807) is 6.07 Å². The minimum Gasteiger partial charge on any atom is -0.507 e. The lowest BCUT2D eigenvalue weighted by Crippen LogP contribution is -2.43. The molecule has 0 spiro atoms. The average Bonchev–Trinajstić information content (AvgIpc) is 2.59. The van der Waals surface area contributed by atoms with E-state index >= 15 is 0 Å². The van der Waals surface area contributed by atoms with E-state index in [4.69, 9.17) is 0 Å². The van der Waals surface area contributed by atoms with Crippen molar-refractivity contribution in [2.45, 2.75) is 20.4 Å². The number of para-hydroxylation sites is 1. The lowest BCUT2D eigenvalue weighted by Gasteiger charge is -2.33. The SMILES string of the molecule is C/C(=N/N1CCN(Cc2ccc(C)cc2)CC1)c1ccccc1O. The quantitative estimate of drug-likeness (QED) is 0.878. The van der Waals surface area contributed by atoms with Crippen molar-refractivity contribution in [1.29, 1.82) is 0 Å². The van der Waals surface area contributed by atoms with Crippen LogP contribution in [0.15, 0.2) is 53.6 Å². The maximum Gasteiger partial charge on any atom is 0.124 e. The Labute approximate surface area is 144 Å². The third kappa shape index (κ3) is 4.15. The zero-order valence-corrected chi connectivity index (χ0v) is 14.4. The molecule has 0 amide bonds. The van der Waals surface area contributed by atoms with Gasteiger partial charge in [-0.25, -0.2) is 0 Å².